The largest absolute Gasteiger partial charge is 0.490 e. The van der Waals surface area contributed by atoms with E-state index in [1.807, 2.05) is 19.9 Å². The molecular formula is C23H27N3O6S. The monoisotopic (exact) mass is 473 g/mol. The topological polar surface area (TPSA) is 126 Å². The van der Waals surface area contributed by atoms with Crippen molar-refractivity contribution < 1.29 is 27.5 Å². The lowest BCUT2D eigenvalue weighted by atomic mass is 10.2. The summed E-state index contributed by atoms with van der Waals surface area (Å²) in [4.78, 5) is 25.8. The highest BCUT2D eigenvalue weighted by molar-refractivity contribution is 7.91. The highest BCUT2D eigenvalue weighted by atomic mass is 32.2. The smallest absolute Gasteiger partial charge is 0.243 e. The van der Waals surface area contributed by atoms with Gasteiger partial charge in [0.25, 0.3) is 0 Å². The minimum absolute atomic E-state index is 0.317. The number of hydrogen-bond donors (Lipinski definition) is 1. The van der Waals surface area contributed by atoms with Crippen molar-refractivity contribution in [1.82, 2.24) is 4.90 Å². The van der Waals surface area contributed by atoms with E-state index in [2.05, 4.69) is 5.32 Å². The van der Waals surface area contributed by atoms with Gasteiger partial charge in [-0.1, -0.05) is 12.1 Å². The van der Waals surface area contributed by atoms with Gasteiger partial charge < -0.3 is 19.7 Å². The number of anilines is 1. The lowest BCUT2D eigenvalue weighted by Crippen LogP contribution is -2.38. The first-order chi connectivity index (χ1) is 15.7. The number of nitrogens with zero attached hydrogens (tertiary/aromatic N) is 2. The van der Waals surface area contributed by atoms with Gasteiger partial charge in [-0.25, -0.2) is 8.42 Å². The fourth-order valence-electron chi connectivity index (χ4n) is 2.91. The Morgan fingerprint density at radius 3 is 2.27 bits per heavy atom. The second kappa shape index (κ2) is 11.9. The number of amides is 2. The molecular weight excluding hydrogens is 446 g/mol. The van der Waals surface area contributed by atoms with Crippen LogP contribution in [-0.4, -0.2) is 57.7 Å². The minimum Gasteiger partial charge on any atom is -0.490 e. The van der Waals surface area contributed by atoms with Gasteiger partial charge in [0.15, 0.2) is 21.3 Å². The molecule has 1 N–H and O–H groups in total. The molecule has 2 aromatic rings. The summed E-state index contributed by atoms with van der Waals surface area (Å²) in [5.41, 5.74) is 1.35. The van der Waals surface area contributed by atoms with Crippen LogP contribution in [0.2, 0.25) is 0 Å². The summed E-state index contributed by atoms with van der Waals surface area (Å²) in [6.45, 7) is 4.25. The Labute approximate surface area is 193 Å². The Morgan fingerprint density at radius 2 is 1.67 bits per heavy atom. The van der Waals surface area contributed by atoms with Crippen LogP contribution in [0.25, 0.3) is 0 Å². The van der Waals surface area contributed by atoms with Gasteiger partial charge >= 0.3 is 0 Å². The molecule has 2 aromatic carbocycles. The zero-order valence-electron chi connectivity index (χ0n) is 18.8. The third-order valence-corrected chi connectivity index (χ3v) is 5.91. The van der Waals surface area contributed by atoms with E-state index in [4.69, 9.17) is 14.7 Å². The molecule has 0 radical (unpaired) electrons. The second-order valence-corrected chi connectivity index (χ2v) is 9.23. The summed E-state index contributed by atoms with van der Waals surface area (Å²) >= 11 is 0. The van der Waals surface area contributed by atoms with Crippen molar-refractivity contribution in [2.45, 2.75) is 19.6 Å². The van der Waals surface area contributed by atoms with Crippen LogP contribution in [0.3, 0.4) is 0 Å². The fourth-order valence-corrected chi connectivity index (χ4v) is 4.31. The lowest BCUT2D eigenvalue weighted by molar-refractivity contribution is -0.131. The first kappa shape index (κ1) is 25.7. The maximum atomic E-state index is 12.4. The number of hydrogen-bond acceptors (Lipinski definition) is 7. The van der Waals surface area contributed by atoms with Gasteiger partial charge in [-0.2, -0.15) is 5.26 Å². The van der Waals surface area contributed by atoms with Crippen LogP contribution in [0.4, 0.5) is 5.69 Å². The van der Waals surface area contributed by atoms with Crippen molar-refractivity contribution in [3.05, 3.63) is 53.6 Å². The summed E-state index contributed by atoms with van der Waals surface area (Å²) in [6.07, 6.45) is 0. The van der Waals surface area contributed by atoms with Crippen LogP contribution in [-0.2, 0) is 25.2 Å². The molecule has 0 bridgehead atoms. The van der Waals surface area contributed by atoms with E-state index >= 15 is 0 Å². The summed E-state index contributed by atoms with van der Waals surface area (Å²) in [5.74, 6) is -1.21. The third kappa shape index (κ3) is 8.12. The van der Waals surface area contributed by atoms with Gasteiger partial charge in [0.05, 0.1) is 37.1 Å². The van der Waals surface area contributed by atoms with Gasteiger partial charge in [-0.3, -0.25) is 9.59 Å². The Bertz CT molecular complexity index is 1120. The molecule has 9 nitrogen and oxygen atoms in total. The molecule has 0 aromatic heterocycles. The first-order valence-corrected chi connectivity index (χ1v) is 12.1. The number of likely N-dealkylation sites (N-methyl/N-ethyl adjacent to an activating group) is 1. The molecule has 0 fully saturated rings. The fraction of sp³-hybridized carbons (Fsp3) is 0.348. The lowest BCUT2D eigenvalue weighted by Gasteiger charge is -2.17. The predicted octanol–water partition coefficient (Wildman–Crippen LogP) is 2.37. The quantitative estimate of drug-likeness (QED) is 0.531. The van der Waals surface area contributed by atoms with Crippen LogP contribution in [0.5, 0.6) is 11.5 Å². The zero-order chi connectivity index (χ0) is 24.4. The van der Waals surface area contributed by atoms with Gasteiger partial charge in [0.1, 0.15) is 5.75 Å². The number of carbonyl (C=O) groups excluding carboxylic acids is 2. The molecule has 33 heavy (non-hydrogen) atoms. The Kier molecular flexibility index (Phi) is 9.24. The Balaban J connectivity index is 1.94. The Morgan fingerprint density at radius 1 is 1.03 bits per heavy atom. The molecule has 0 saturated heterocycles. The average Bonchev–Trinajstić information content (AvgIpc) is 2.75. The van der Waals surface area contributed by atoms with Gasteiger partial charge in [-0.05, 0) is 43.7 Å². The predicted molar refractivity (Wildman–Crippen MR) is 124 cm³/mol. The SMILES string of the molecule is CCOc1ccc(NC(=O)CN(C)C(=O)CS(=O)(=O)Cc2ccc(C#N)cc2)cc1OCC. The van der Waals surface area contributed by atoms with Gasteiger partial charge in [-0.15, -0.1) is 0 Å². The first-order valence-electron chi connectivity index (χ1n) is 10.3. The van der Waals surface area contributed by atoms with Crippen LogP contribution < -0.4 is 14.8 Å². The van der Waals surface area contributed by atoms with Crippen LogP contribution in [0.1, 0.15) is 25.0 Å². The summed E-state index contributed by atoms with van der Waals surface area (Å²) in [5, 5.41) is 11.5. The van der Waals surface area contributed by atoms with Gasteiger partial charge in [0.2, 0.25) is 11.8 Å². The molecule has 0 unspecified atom stereocenters. The molecule has 0 saturated carbocycles. The van der Waals surface area contributed by atoms with Crippen molar-refractivity contribution in [2.75, 3.05) is 37.9 Å². The third-order valence-electron chi connectivity index (χ3n) is 4.45. The molecule has 2 amide bonds. The summed E-state index contributed by atoms with van der Waals surface area (Å²) in [6, 6.07) is 13.0. The van der Waals surface area contributed by atoms with Crippen LogP contribution in [0.15, 0.2) is 42.5 Å². The molecule has 176 valence electrons. The van der Waals surface area contributed by atoms with E-state index in [-0.39, 0.29) is 12.3 Å². The van der Waals surface area contributed by atoms with E-state index in [0.29, 0.717) is 41.5 Å². The second-order valence-electron chi connectivity index (χ2n) is 7.17. The molecule has 0 aliphatic rings. The van der Waals surface area contributed by atoms with E-state index in [9.17, 15) is 18.0 Å². The summed E-state index contributed by atoms with van der Waals surface area (Å²) in [7, 11) is -2.39. The van der Waals surface area contributed by atoms with E-state index in [1.54, 1.807) is 18.2 Å². The van der Waals surface area contributed by atoms with Crippen LogP contribution >= 0.6 is 0 Å². The van der Waals surface area contributed by atoms with Crippen molar-refractivity contribution in [3.8, 4) is 17.6 Å². The number of benzene rings is 2. The van der Waals surface area contributed by atoms with E-state index in [1.165, 1.54) is 31.3 Å². The average molecular weight is 474 g/mol. The highest BCUT2D eigenvalue weighted by Gasteiger charge is 2.22. The van der Waals surface area contributed by atoms with E-state index < -0.39 is 27.4 Å². The standard InChI is InChI=1S/C23H27N3O6S/c1-4-31-20-11-10-19(12-21(20)32-5-2)25-22(27)14-26(3)23(28)16-33(29,30)15-18-8-6-17(13-24)7-9-18/h6-12H,4-5,14-16H2,1-3H3,(H,25,27). The molecule has 0 heterocycles. The summed E-state index contributed by atoms with van der Waals surface area (Å²) < 4.78 is 35.8. The minimum atomic E-state index is -3.75. The highest BCUT2D eigenvalue weighted by Crippen LogP contribution is 2.30. The maximum absolute atomic E-state index is 12.4. The van der Waals surface area contributed by atoms with E-state index in [0.717, 1.165) is 4.90 Å². The molecule has 0 spiro atoms. The number of sulfone groups is 1. The maximum Gasteiger partial charge on any atom is 0.243 e. The van der Waals surface area contributed by atoms with Crippen molar-refractivity contribution in [2.24, 2.45) is 0 Å². The van der Waals surface area contributed by atoms with Gasteiger partial charge in [0, 0.05) is 18.8 Å². The van der Waals surface area contributed by atoms with Crippen LogP contribution in [0, 0.1) is 11.3 Å². The van der Waals surface area contributed by atoms with Crippen molar-refractivity contribution >= 4 is 27.3 Å². The normalized spacial score (nSPS) is 10.7. The molecule has 2 rings (SSSR count). The molecule has 0 atom stereocenters. The molecule has 0 aliphatic heterocycles. The number of rotatable bonds is 11. The number of carbonyl (C=O) groups is 2. The molecule has 10 heteroatoms. The number of nitrogens with one attached hydrogen (secondary N) is 1. The number of ether oxygens (including phenoxy) is 2. The van der Waals surface area contributed by atoms with Crippen molar-refractivity contribution in [1.29, 1.82) is 5.26 Å². The Hall–Kier alpha value is -3.58. The number of nitriles is 1. The van der Waals surface area contributed by atoms with Crippen molar-refractivity contribution in [3.63, 3.8) is 0 Å². The zero-order valence-corrected chi connectivity index (χ0v) is 19.6. The molecule has 0 aliphatic carbocycles.